The fraction of sp³-hybridized carbons (Fsp3) is 0.500. The molecule has 5 atom stereocenters. The Hall–Kier alpha value is -1.49. The van der Waals surface area contributed by atoms with Crippen molar-refractivity contribution in [2.24, 2.45) is 0 Å². The van der Waals surface area contributed by atoms with Crippen molar-refractivity contribution in [3.8, 4) is 0 Å². The van der Waals surface area contributed by atoms with Crippen LogP contribution >= 0.6 is 15.9 Å². The lowest BCUT2D eigenvalue weighted by Gasteiger charge is -2.40. The van der Waals surface area contributed by atoms with Crippen LogP contribution in [0.4, 0.5) is 0 Å². The summed E-state index contributed by atoms with van der Waals surface area (Å²) >= 11 is 3.41. The van der Waals surface area contributed by atoms with Crippen LogP contribution in [0, 0.1) is 0 Å². The van der Waals surface area contributed by atoms with E-state index in [0.717, 1.165) is 9.86 Å². The number of esters is 1. The van der Waals surface area contributed by atoms with Crippen LogP contribution in [0.3, 0.4) is 0 Å². The van der Waals surface area contributed by atoms with Gasteiger partial charge in [-0.1, -0.05) is 15.9 Å². The third-order valence-electron chi connectivity index (χ3n) is 4.66. The standard InChI is InChI=1S/C18H22BrNO7/c1-2-26-14(22)5-9-7-20(12-4-3-10(19)6-11(9)12)18-17(25)16(24)15(23)13(8-21)27-18/h3-4,6-7,13,15-18,21,23-25H,2,5,8H2,1H3/t13-,15-,16+,17-,18-/m1/s1. The zero-order chi connectivity index (χ0) is 19.7. The first-order chi connectivity index (χ1) is 12.9. The summed E-state index contributed by atoms with van der Waals surface area (Å²) in [4.78, 5) is 12.0. The number of carbonyl (C=O) groups excluding carboxylic acids is 1. The van der Waals surface area contributed by atoms with Crippen LogP contribution in [0.15, 0.2) is 28.9 Å². The van der Waals surface area contributed by atoms with Gasteiger partial charge in [0, 0.05) is 16.1 Å². The van der Waals surface area contributed by atoms with Gasteiger partial charge < -0.3 is 34.5 Å². The number of hydrogen-bond donors (Lipinski definition) is 4. The molecule has 4 N–H and O–H groups in total. The number of ether oxygens (including phenoxy) is 2. The lowest BCUT2D eigenvalue weighted by molar-refractivity contribution is -0.250. The molecule has 0 unspecified atom stereocenters. The topological polar surface area (TPSA) is 121 Å². The van der Waals surface area contributed by atoms with E-state index in [-0.39, 0.29) is 19.0 Å². The van der Waals surface area contributed by atoms with Crippen molar-refractivity contribution in [1.29, 1.82) is 0 Å². The van der Waals surface area contributed by atoms with Crippen molar-refractivity contribution in [3.05, 3.63) is 34.4 Å². The van der Waals surface area contributed by atoms with Crippen molar-refractivity contribution >= 4 is 32.8 Å². The summed E-state index contributed by atoms with van der Waals surface area (Å²) in [6, 6.07) is 5.43. The lowest BCUT2D eigenvalue weighted by Crippen LogP contribution is -2.56. The summed E-state index contributed by atoms with van der Waals surface area (Å²) in [7, 11) is 0. The van der Waals surface area contributed by atoms with Crippen LogP contribution in [0.1, 0.15) is 18.7 Å². The second-order valence-corrected chi connectivity index (χ2v) is 7.34. The van der Waals surface area contributed by atoms with Crippen LogP contribution < -0.4 is 0 Å². The van der Waals surface area contributed by atoms with E-state index in [1.54, 1.807) is 29.8 Å². The van der Waals surface area contributed by atoms with Gasteiger partial charge in [-0.15, -0.1) is 0 Å². The van der Waals surface area contributed by atoms with Gasteiger partial charge in [-0.05, 0) is 30.7 Å². The van der Waals surface area contributed by atoms with Crippen molar-refractivity contribution < 1.29 is 34.7 Å². The van der Waals surface area contributed by atoms with E-state index in [2.05, 4.69) is 15.9 Å². The molecule has 0 radical (unpaired) electrons. The average molecular weight is 444 g/mol. The molecule has 0 amide bonds. The highest BCUT2D eigenvalue weighted by Gasteiger charge is 2.44. The molecule has 9 heteroatoms. The molecule has 3 rings (SSSR count). The van der Waals surface area contributed by atoms with Gasteiger partial charge in [-0.25, -0.2) is 0 Å². The molecule has 0 bridgehead atoms. The lowest BCUT2D eigenvalue weighted by atomic mass is 9.98. The predicted molar refractivity (Wildman–Crippen MR) is 99.0 cm³/mol. The highest BCUT2D eigenvalue weighted by Crippen LogP contribution is 2.34. The smallest absolute Gasteiger partial charge is 0.310 e. The number of aliphatic hydroxyl groups excluding tert-OH is 4. The maximum absolute atomic E-state index is 12.0. The maximum atomic E-state index is 12.0. The minimum atomic E-state index is -1.48. The van der Waals surface area contributed by atoms with E-state index in [1.807, 2.05) is 6.07 Å². The Bertz CT molecular complexity index is 821. The van der Waals surface area contributed by atoms with Crippen molar-refractivity contribution in [3.63, 3.8) is 0 Å². The van der Waals surface area contributed by atoms with E-state index < -0.39 is 37.3 Å². The monoisotopic (exact) mass is 443 g/mol. The summed E-state index contributed by atoms with van der Waals surface area (Å²) in [6.07, 6.45) is -4.71. The van der Waals surface area contributed by atoms with Crippen molar-refractivity contribution in [2.75, 3.05) is 13.2 Å². The molecule has 2 aromatic rings. The molecule has 0 aliphatic carbocycles. The molecule has 2 heterocycles. The summed E-state index contributed by atoms with van der Waals surface area (Å²) in [6.45, 7) is 1.49. The first kappa shape index (κ1) is 20.2. The summed E-state index contributed by atoms with van der Waals surface area (Å²) in [5.74, 6) is -0.384. The van der Waals surface area contributed by atoms with Crippen molar-refractivity contribution in [2.45, 2.75) is 44.0 Å². The number of nitrogens with zero attached hydrogens (tertiary/aromatic N) is 1. The minimum absolute atomic E-state index is 0.0330. The Morgan fingerprint density at radius 1 is 1.26 bits per heavy atom. The molecule has 0 saturated carbocycles. The fourth-order valence-corrected chi connectivity index (χ4v) is 3.69. The molecule has 27 heavy (non-hydrogen) atoms. The van der Waals surface area contributed by atoms with E-state index >= 15 is 0 Å². The van der Waals surface area contributed by atoms with Crippen LogP contribution in [0.5, 0.6) is 0 Å². The Morgan fingerprint density at radius 3 is 2.67 bits per heavy atom. The molecule has 1 aliphatic heterocycles. The van der Waals surface area contributed by atoms with Crippen LogP contribution in [-0.4, -0.2) is 68.6 Å². The predicted octanol–water partition coefficient (Wildman–Crippen LogP) is 0.482. The van der Waals surface area contributed by atoms with Crippen LogP contribution in [0.2, 0.25) is 0 Å². The summed E-state index contributed by atoms with van der Waals surface area (Å²) in [5.41, 5.74) is 1.34. The molecule has 1 aromatic carbocycles. The van der Waals surface area contributed by atoms with Crippen LogP contribution in [0.25, 0.3) is 10.9 Å². The normalized spacial score (nSPS) is 28.4. The second-order valence-electron chi connectivity index (χ2n) is 6.42. The quantitative estimate of drug-likeness (QED) is 0.495. The summed E-state index contributed by atoms with van der Waals surface area (Å²) in [5, 5.41) is 40.7. The first-order valence-electron chi connectivity index (χ1n) is 8.62. The third kappa shape index (κ3) is 3.89. The number of rotatable bonds is 5. The Kier molecular flexibility index (Phi) is 6.19. The summed E-state index contributed by atoms with van der Waals surface area (Å²) < 4.78 is 13.1. The number of carbonyl (C=O) groups is 1. The van der Waals surface area contributed by atoms with Crippen molar-refractivity contribution in [1.82, 2.24) is 4.57 Å². The molecule has 148 valence electrons. The number of benzene rings is 1. The highest BCUT2D eigenvalue weighted by molar-refractivity contribution is 9.10. The second kappa shape index (κ2) is 8.26. The van der Waals surface area contributed by atoms with E-state index in [0.29, 0.717) is 11.1 Å². The van der Waals surface area contributed by atoms with Gasteiger partial charge in [0.15, 0.2) is 6.23 Å². The largest absolute Gasteiger partial charge is 0.466 e. The number of aliphatic hydroxyl groups is 4. The van der Waals surface area contributed by atoms with Gasteiger partial charge in [-0.2, -0.15) is 0 Å². The Labute approximate surface area is 164 Å². The molecule has 1 aromatic heterocycles. The molecule has 8 nitrogen and oxygen atoms in total. The molecule has 1 aliphatic rings. The molecular formula is C18H22BrNO7. The fourth-order valence-electron chi connectivity index (χ4n) is 3.33. The number of halogens is 1. The Morgan fingerprint density at radius 2 is 2.00 bits per heavy atom. The molecule has 0 spiro atoms. The number of fused-ring (bicyclic) bond motifs is 1. The number of aromatic nitrogens is 1. The van der Waals surface area contributed by atoms with Gasteiger partial charge in [-0.3, -0.25) is 4.79 Å². The minimum Gasteiger partial charge on any atom is -0.466 e. The Balaban J connectivity index is 2.04. The average Bonchev–Trinajstić information content (AvgIpc) is 2.97. The maximum Gasteiger partial charge on any atom is 0.310 e. The zero-order valence-corrected chi connectivity index (χ0v) is 16.2. The van der Waals surface area contributed by atoms with E-state index in [4.69, 9.17) is 9.47 Å². The van der Waals surface area contributed by atoms with Gasteiger partial charge >= 0.3 is 5.97 Å². The van der Waals surface area contributed by atoms with Gasteiger partial charge in [0.1, 0.15) is 24.4 Å². The van der Waals surface area contributed by atoms with Crippen LogP contribution in [-0.2, 0) is 20.7 Å². The van der Waals surface area contributed by atoms with Gasteiger partial charge in [0.25, 0.3) is 0 Å². The molecule has 1 fully saturated rings. The highest BCUT2D eigenvalue weighted by atomic mass is 79.9. The first-order valence-corrected chi connectivity index (χ1v) is 9.41. The number of hydrogen-bond acceptors (Lipinski definition) is 7. The van der Waals surface area contributed by atoms with Gasteiger partial charge in [0.2, 0.25) is 0 Å². The molecule has 1 saturated heterocycles. The molecular weight excluding hydrogens is 422 g/mol. The SMILES string of the molecule is CCOC(=O)Cc1cn([C@@H]2O[C@H](CO)[C@@H](O)[C@H](O)[C@H]2O)c2ccc(Br)cc12. The van der Waals surface area contributed by atoms with E-state index in [1.165, 1.54) is 0 Å². The zero-order valence-electron chi connectivity index (χ0n) is 14.7. The van der Waals surface area contributed by atoms with Gasteiger partial charge in [0.05, 0.1) is 25.2 Å². The van der Waals surface area contributed by atoms with E-state index in [9.17, 15) is 25.2 Å². The third-order valence-corrected chi connectivity index (χ3v) is 5.15.